The van der Waals surface area contributed by atoms with Gasteiger partial charge in [0.15, 0.2) is 5.82 Å². The van der Waals surface area contributed by atoms with Crippen molar-refractivity contribution in [3.05, 3.63) is 83.5 Å². The van der Waals surface area contributed by atoms with Gasteiger partial charge in [0.25, 0.3) is 5.91 Å². The van der Waals surface area contributed by atoms with Crippen molar-refractivity contribution in [2.45, 2.75) is 71.8 Å². The van der Waals surface area contributed by atoms with E-state index in [-0.39, 0.29) is 30.3 Å². The number of phenols is 1. The third-order valence-electron chi connectivity index (χ3n) is 10.9. The molecule has 7 rings (SSSR count). The first-order chi connectivity index (χ1) is 29.7. The highest BCUT2D eigenvalue weighted by molar-refractivity contribution is 7.92. The Morgan fingerprint density at radius 3 is 2.40 bits per heavy atom. The molecule has 0 radical (unpaired) electrons. The summed E-state index contributed by atoms with van der Waals surface area (Å²) in [6, 6.07) is 10.9. The zero-order valence-electron chi connectivity index (χ0n) is 34.9. The van der Waals surface area contributed by atoms with Crippen molar-refractivity contribution in [1.29, 1.82) is 0 Å². The summed E-state index contributed by atoms with van der Waals surface area (Å²) in [6.45, 7) is 7.37. The van der Waals surface area contributed by atoms with Crippen LogP contribution in [0.1, 0.15) is 51.4 Å². The molecule has 21 heteroatoms. The van der Waals surface area contributed by atoms with Crippen LogP contribution in [-0.4, -0.2) is 106 Å². The van der Waals surface area contributed by atoms with Gasteiger partial charge in [0.1, 0.15) is 36.6 Å². The van der Waals surface area contributed by atoms with Gasteiger partial charge in [-0.15, -0.1) is 11.3 Å². The number of rotatable bonds is 12. The van der Waals surface area contributed by atoms with Gasteiger partial charge in [-0.25, -0.2) is 18.4 Å². The molecule has 0 bridgehead atoms. The lowest BCUT2D eigenvalue weighted by Gasteiger charge is -2.35. The molecule has 0 saturated carbocycles. The number of carbonyl (C=O) groups excluding carboxylic acids is 5. The molecular weight excluding hydrogens is 858 g/mol. The highest BCUT2D eigenvalue weighted by Crippen LogP contribution is 2.39. The van der Waals surface area contributed by atoms with Crippen LogP contribution < -0.4 is 25.0 Å². The van der Waals surface area contributed by atoms with Crippen molar-refractivity contribution in [3.8, 4) is 27.3 Å². The predicted octanol–water partition coefficient (Wildman–Crippen LogP) is 2.65. The van der Waals surface area contributed by atoms with E-state index in [9.17, 15) is 42.6 Å². The number of aryl methyl sites for hydroxylation is 1. The molecule has 3 aromatic carbocycles. The minimum absolute atomic E-state index is 0.0133. The third kappa shape index (κ3) is 9.49. The van der Waals surface area contributed by atoms with Crippen molar-refractivity contribution in [2.24, 2.45) is 5.41 Å². The van der Waals surface area contributed by atoms with Crippen molar-refractivity contribution < 1.29 is 47.0 Å². The summed E-state index contributed by atoms with van der Waals surface area (Å²) in [5, 5.41) is 33.7. The topological polar surface area (TPSA) is 245 Å². The number of aromatic nitrogens is 3. The Kier molecular flexibility index (Phi) is 12.3. The van der Waals surface area contributed by atoms with Gasteiger partial charge in [-0.2, -0.15) is 13.5 Å². The number of benzene rings is 3. The second kappa shape index (κ2) is 17.4. The summed E-state index contributed by atoms with van der Waals surface area (Å²) in [5.41, 5.74) is 3.95. The number of hydrogen-bond donors (Lipinski definition) is 6. The number of carbonyl (C=O) groups is 5. The van der Waals surface area contributed by atoms with Crippen molar-refractivity contribution in [1.82, 2.24) is 40.3 Å². The fourth-order valence-electron chi connectivity index (χ4n) is 7.60. The van der Waals surface area contributed by atoms with Crippen LogP contribution in [0.3, 0.4) is 0 Å². The molecule has 332 valence electrons. The number of anilines is 1. The van der Waals surface area contributed by atoms with Crippen LogP contribution in [0, 0.1) is 18.2 Å². The van der Waals surface area contributed by atoms with Gasteiger partial charge < -0.3 is 31.1 Å². The Bertz CT molecular complexity index is 2730. The van der Waals surface area contributed by atoms with Gasteiger partial charge in [-0.3, -0.25) is 28.7 Å². The summed E-state index contributed by atoms with van der Waals surface area (Å²) < 4.78 is 44.1. The molecule has 6 N–H and O–H groups in total. The number of likely N-dealkylation sites (tertiary alicyclic amines) is 1. The number of aliphatic hydroxyl groups is 1. The van der Waals surface area contributed by atoms with Crippen LogP contribution in [-0.2, 0) is 40.7 Å². The van der Waals surface area contributed by atoms with Gasteiger partial charge in [0.2, 0.25) is 23.6 Å². The van der Waals surface area contributed by atoms with Crippen LogP contribution in [0.5, 0.6) is 5.75 Å². The number of amides is 5. The minimum Gasteiger partial charge on any atom is -0.506 e. The number of nitrogens with one attached hydrogen (secondary N) is 4. The Morgan fingerprint density at radius 2 is 1.75 bits per heavy atom. The van der Waals surface area contributed by atoms with E-state index in [1.165, 1.54) is 40.2 Å². The largest absolute Gasteiger partial charge is 0.506 e. The van der Waals surface area contributed by atoms with Crippen LogP contribution in [0.25, 0.3) is 32.3 Å². The molecule has 2 aliphatic rings. The molecule has 2 saturated heterocycles. The lowest BCUT2D eigenvalue weighted by molar-refractivity contribution is -0.144. The van der Waals surface area contributed by atoms with E-state index in [4.69, 9.17) is 0 Å². The summed E-state index contributed by atoms with van der Waals surface area (Å²) in [4.78, 5) is 72.3. The molecule has 4 heterocycles. The van der Waals surface area contributed by atoms with Gasteiger partial charge in [-0.05, 0) is 53.5 Å². The smallest absolute Gasteiger partial charge is 0.326 e. The molecule has 5 aromatic rings. The van der Waals surface area contributed by atoms with Crippen LogP contribution in [0.2, 0.25) is 0 Å². The van der Waals surface area contributed by atoms with E-state index in [0.29, 0.717) is 15.4 Å². The van der Waals surface area contributed by atoms with Gasteiger partial charge in [0, 0.05) is 30.1 Å². The number of phenolic OH excluding ortho intramolecular Hbond substituents is 1. The molecule has 2 aromatic heterocycles. The maximum Gasteiger partial charge on any atom is 0.326 e. The number of aliphatic hydroxyl groups excluding tert-OH is 1. The second-order valence-corrected chi connectivity index (χ2v) is 19.1. The molecule has 2 fully saturated rings. The van der Waals surface area contributed by atoms with E-state index in [0.717, 1.165) is 21.7 Å². The fraction of sp³-hybridized carbons (Fsp3) is 0.357. The standard InChI is InChI=1S/C42H46FN9O9S2/c1-22(24-6-8-25(9-7-24)38-23(2)45-21-62-38)47-40(58)31-14-29(53)18-51(31)41(59)39(42(3,4)5)48-33(55)16-44-34(56)19-50-17-28(15-46-50)26-10-11-27-13-32(54)37(36(43)30(27)12-26)52-20-35(57)49-63(52,60)61/h6-13,15,17,21-22,29,31,39,53-54H,14,16,18-20H2,1-5H3,(H,44,56)(H,47,58)(H,48,55)(H,49,57)/t22-,29+,31-,39+/m0/s1. The Morgan fingerprint density at radius 1 is 1.03 bits per heavy atom. The zero-order chi connectivity index (χ0) is 45.5. The number of thiazole rings is 1. The first-order valence-corrected chi connectivity index (χ1v) is 22.2. The predicted molar refractivity (Wildman–Crippen MR) is 231 cm³/mol. The van der Waals surface area contributed by atoms with Crippen molar-refractivity contribution in [3.63, 3.8) is 0 Å². The average molecular weight is 904 g/mol. The molecule has 63 heavy (non-hydrogen) atoms. The lowest BCUT2D eigenvalue weighted by atomic mass is 9.85. The average Bonchev–Trinajstić information content (AvgIpc) is 4.02. The van der Waals surface area contributed by atoms with E-state index in [1.54, 1.807) is 48.4 Å². The first kappa shape index (κ1) is 44.6. The SMILES string of the molecule is Cc1ncsc1-c1ccc([C@H](C)NC(=O)[C@@H]2C[C@@H](O)CN2C(=O)[C@@H](NC(=O)CNC(=O)Cn2cc(-c3ccc4cc(O)c(N5CC(=O)NS5(=O)=O)c(F)c4c3)cn2)C(C)(C)C)cc1. The quantitative estimate of drug-likeness (QED) is 0.106. The Balaban J connectivity index is 0.955. The van der Waals surface area contributed by atoms with Crippen LogP contribution in [0.15, 0.2) is 66.4 Å². The zero-order valence-corrected chi connectivity index (χ0v) is 36.5. The van der Waals surface area contributed by atoms with Crippen LogP contribution in [0.4, 0.5) is 10.1 Å². The Labute approximate surface area is 365 Å². The van der Waals surface area contributed by atoms with Gasteiger partial charge in [0.05, 0.1) is 41.0 Å². The Hall–Kier alpha value is -6.45. The van der Waals surface area contributed by atoms with E-state index >= 15 is 4.39 Å². The number of halogens is 1. The van der Waals surface area contributed by atoms with Crippen molar-refractivity contribution in [2.75, 3.05) is 23.9 Å². The lowest BCUT2D eigenvalue weighted by Crippen LogP contribution is -2.58. The highest BCUT2D eigenvalue weighted by atomic mass is 32.2. The van der Waals surface area contributed by atoms with E-state index in [2.05, 4.69) is 26.0 Å². The highest BCUT2D eigenvalue weighted by Gasteiger charge is 2.45. The molecule has 2 aliphatic heterocycles. The molecule has 5 amide bonds. The first-order valence-electron chi connectivity index (χ1n) is 19.9. The summed E-state index contributed by atoms with van der Waals surface area (Å²) in [6.07, 6.45) is 1.97. The van der Waals surface area contributed by atoms with E-state index < -0.39 is 99.7 Å². The third-order valence-corrected chi connectivity index (χ3v) is 13.2. The van der Waals surface area contributed by atoms with Gasteiger partial charge >= 0.3 is 10.2 Å². The molecule has 0 spiro atoms. The number of hydrogen-bond acceptors (Lipinski definition) is 12. The summed E-state index contributed by atoms with van der Waals surface area (Å²) in [5.74, 6) is -4.90. The molecular formula is C42H46FN9O9S2. The van der Waals surface area contributed by atoms with E-state index in [1.807, 2.05) is 38.1 Å². The number of fused-ring (bicyclic) bond motifs is 1. The molecule has 0 aliphatic carbocycles. The van der Waals surface area contributed by atoms with Gasteiger partial charge in [-0.1, -0.05) is 57.2 Å². The van der Waals surface area contributed by atoms with Crippen LogP contribution >= 0.6 is 11.3 Å². The minimum atomic E-state index is -4.41. The number of β-amino-alcohol motifs (C(OH)–C–C–N with tert-alkyl or cyclic N) is 1. The number of aromatic hydroxyl groups is 1. The molecule has 18 nitrogen and oxygen atoms in total. The summed E-state index contributed by atoms with van der Waals surface area (Å²) >= 11 is 1.54. The second-order valence-electron chi connectivity index (χ2n) is 16.6. The molecule has 4 atom stereocenters. The van der Waals surface area contributed by atoms with Crippen molar-refractivity contribution >= 4 is 67.5 Å². The normalized spacial score (nSPS) is 18.2. The summed E-state index contributed by atoms with van der Waals surface area (Å²) in [7, 11) is -4.41. The monoisotopic (exact) mass is 903 g/mol. The number of nitrogens with zero attached hydrogens (tertiary/aromatic N) is 5. The molecule has 0 unspecified atom stereocenters. The fourth-order valence-corrected chi connectivity index (χ4v) is 9.57. The maximum absolute atomic E-state index is 15.8. The maximum atomic E-state index is 15.8.